The standard InChI is InChI=1S/C21H15F5N4O2S/c22-13-5-2-6-14(23)16(13)27-19(33)28-9-12-8-15(28)17-18(31)30(20(32)29(12)17)11-4-1-3-10(7-11)21(24,25)26/h1-7,12,15,31H,8-9H2,(H,27,33)/t12-,15-/m0/s1. The normalized spacial score (nSPS) is 19.1. The Labute approximate surface area is 188 Å². The second-order valence-electron chi connectivity index (χ2n) is 7.83. The van der Waals surface area contributed by atoms with Crippen molar-refractivity contribution in [2.24, 2.45) is 0 Å². The Hall–Kier alpha value is -3.41. The number of rotatable bonds is 2. The molecule has 0 unspecified atom stereocenters. The van der Waals surface area contributed by atoms with E-state index in [9.17, 15) is 31.9 Å². The monoisotopic (exact) mass is 482 g/mol. The predicted octanol–water partition coefficient (Wildman–Crippen LogP) is 4.34. The number of thiocarbonyl (C=S) groups is 1. The maximum Gasteiger partial charge on any atom is 0.416 e. The van der Waals surface area contributed by atoms with Crippen molar-refractivity contribution >= 4 is 23.0 Å². The molecule has 0 aliphatic carbocycles. The third kappa shape index (κ3) is 3.27. The summed E-state index contributed by atoms with van der Waals surface area (Å²) in [7, 11) is 0. The lowest BCUT2D eigenvalue weighted by molar-refractivity contribution is -0.137. The first-order chi connectivity index (χ1) is 15.6. The number of nitrogens with one attached hydrogen (secondary N) is 1. The molecule has 6 nitrogen and oxygen atoms in total. The van der Waals surface area contributed by atoms with Crippen LogP contribution in [-0.2, 0) is 6.18 Å². The fourth-order valence-electron chi connectivity index (χ4n) is 4.52. The molecule has 0 radical (unpaired) electrons. The molecule has 3 aromatic rings. The maximum absolute atomic E-state index is 14.0. The number of hydrogen-bond acceptors (Lipinski definition) is 3. The molecule has 12 heteroatoms. The van der Waals surface area contributed by atoms with Gasteiger partial charge in [0, 0.05) is 6.54 Å². The van der Waals surface area contributed by atoms with Crippen molar-refractivity contribution in [1.29, 1.82) is 0 Å². The summed E-state index contributed by atoms with van der Waals surface area (Å²) in [6.45, 7) is 0.228. The number of fused-ring (bicyclic) bond motifs is 5. The van der Waals surface area contributed by atoms with Crippen LogP contribution >= 0.6 is 12.2 Å². The first-order valence-electron chi connectivity index (χ1n) is 9.83. The van der Waals surface area contributed by atoms with Gasteiger partial charge in [-0.2, -0.15) is 13.2 Å². The van der Waals surface area contributed by atoms with Crippen LogP contribution < -0.4 is 11.0 Å². The molecule has 1 fully saturated rings. The minimum Gasteiger partial charge on any atom is -0.493 e. The number of nitrogens with zero attached hydrogens (tertiary/aromatic N) is 3. The zero-order valence-corrected chi connectivity index (χ0v) is 17.4. The van der Waals surface area contributed by atoms with Crippen molar-refractivity contribution in [3.8, 4) is 11.6 Å². The Kier molecular flexibility index (Phi) is 4.74. The van der Waals surface area contributed by atoms with Crippen molar-refractivity contribution in [2.45, 2.75) is 24.7 Å². The number of hydrogen-bond donors (Lipinski definition) is 2. The van der Waals surface area contributed by atoms with Gasteiger partial charge in [-0.1, -0.05) is 12.1 Å². The molecule has 2 aromatic carbocycles. The van der Waals surface area contributed by atoms with Gasteiger partial charge >= 0.3 is 11.9 Å². The van der Waals surface area contributed by atoms with Gasteiger partial charge in [-0.05, 0) is 49.0 Å². The van der Waals surface area contributed by atoms with E-state index in [0.29, 0.717) is 6.42 Å². The van der Waals surface area contributed by atoms with Gasteiger partial charge in [-0.15, -0.1) is 0 Å². The first-order valence-corrected chi connectivity index (χ1v) is 10.2. The van der Waals surface area contributed by atoms with E-state index in [4.69, 9.17) is 12.2 Å². The fourth-order valence-corrected chi connectivity index (χ4v) is 4.82. The van der Waals surface area contributed by atoms with E-state index in [1.807, 2.05) is 0 Å². The summed E-state index contributed by atoms with van der Waals surface area (Å²) in [6.07, 6.45) is -4.21. The van der Waals surface area contributed by atoms with Crippen molar-refractivity contribution in [2.75, 3.05) is 11.9 Å². The summed E-state index contributed by atoms with van der Waals surface area (Å²) in [5.74, 6) is -2.18. The van der Waals surface area contributed by atoms with Gasteiger partial charge in [0.2, 0.25) is 5.88 Å². The Morgan fingerprint density at radius 3 is 2.45 bits per heavy atom. The molecule has 2 bridgehead atoms. The fraction of sp³-hybridized carbons (Fsp3) is 0.238. The van der Waals surface area contributed by atoms with Crippen LogP contribution in [0.5, 0.6) is 5.88 Å². The van der Waals surface area contributed by atoms with E-state index >= 15 is 0 Å². The third-order valence-electron chi connectivity index (χ3n) is 5.94. The Balaban J connectivity index is 1.50. The molecule has 0 spiro atoms. The van der Waals surface area contributed by atoms with Gasteiger partial charge in [0.1, 0.15) is 23.0 Å². The molecule has 2 atom stereocenters. The summed E-state index contributed by atoms with van der Waals surface area (Å²) in [4.78, 5) is 14.6. The van der Waals surface area contributed by atoms with Crippen LogP contribution in [-0.4, -0.2) is 30.8 Å². The zero-order chi connectivity index (χ0) is 23.7. The number of aromatic nitrogens is 2. The van der Waals surface area contributed by atoms with Crippen LogP contribution in [0.15, 0.2) is 47.3 Å². The average Bonchev–Trinajstić information content (AvgIpc) is 3.41. The molecule has 2 aliphatic heterocycles. The van der Waals surface area contributed by atoms with Gasteiger partial charge < -0.3 is 15.3 Å². The average molecular weight is 482 g/mol. The SMILES string of the molecule is O=c1n(-c2cccc(C(F)(F)F)c2)c(O)c2n1[C@H]1C[C@@H]2N(C(=S)Nc2c(F)cccc2F)C1. The number of likely N-dealkylation sites (tertiary alicyclic amines) is 1. The number of alkyl halides is 3. The molecular weight excluding hydrogens is 467 g/mol. The van der Waals surface area contributed by atoms with Gasteiger partial charge in [-0.25, -0.2) is 18.1 Å². The minimum atomic E-state index is -4.62. The molecule has 0 saturated carbocycles. The van der Waals surface area contributed by atoms with Gasteiger partial charge in [0.05, 0.1) is 23.3 Å². The molecule has 2 aliphatic rings. The van der Waals surface area contributed by atoms with Gasteiger partial charge in [0.25, 0.3) is 0 Å². The summed E-state index contributed by atoms with van der Waals surface area (Å²) in [5.41, 5.74) is -2.00. The molecule has 3 heterocycles. The number of anilines is 1. The summed E-state index contributed by atoms with van der Waals surface area (Å²) >= 11 is 5.32. The van der Waals surface area contributed by atoms with Crippen LogP contribution in [0.25, 0.3) is 5.69 Å². The lowest BCUT2D eigenvalue weighted by atomic mass is 10.2. The topological polar surface area (TPSA) is 62.4 Å². The molecule has 5 rings (SSSR count). The number of aromatic hydroxyl groups is 1. The van der Waals surface area contributed by atoms with Gasteiger partial charge in [-0.3, -0.25) is 4.57 Å². The van der Waals surface area contributed by atoms with Crippen LogP contribution in [0, 0.1) is 11.6 Å². The van der Waals surface area contributed by atoms with Crippen molar-refractivity contribution in [3.63, 3.8) is 0 Å². The van der Waals surface area contributed by atoms with Crippen LogP contribution in [0.1, 0.15) is 29.8 Å². The van der Waals surface area contributed by atoms with E-state index in [2.05, 4.69) is 5.32 Å². The number of para-hydroxylation sites is 1. The Morgan fingerprint density at radius 1 is 1.12 bits per heavy atom. The number of benzene rings is 2. The van der Waals surface area contributed by atoms with E-state index < -0.39 is 52.7 Å². The summed E-state index contributed by atoms with van der Waals surface area (Å²) < 4.78 is 69.5. The Morgan fingerprint density at radius 2 is 1.79 bits per heavy atom. The number of imidazole rings is 1. The second kappa shape index (κ2) is 7.30. The molecule has 172 valence electrons. The number of halogens is 5. The molecule has 2 N–H and O–H groups in total. The maximum atomic E-state index is 14.0. The predicted molar refractivity (Wildman–Crippen MR) is 112 cm³/mol. The van der Waals surface area contributed by atoms with E-state index in [1.54, 1.807) is 4.90 Å². The van der Waals surface area contributed by atoms with Crippen molar-refractivity contribution < 1.29 is 27.1 Å². The molecule has 1 saturated heterocycles. The van der Waals surface area contributed by atoms with Crippen LogP contribution in [0.4, 0.5) is 27.6 Å². The quantitative estimate of drug-likeness (QED) is 0.421. The minimum absolute atomic E-state index is 0.00332. The van der Waals surface area contributed by atoms with Crippen LogP contribution in [0.3, 0.4) is 0 Å². The van der Waals surface area contributed by atoms with E-state index in [0.717, 1.165) is 34.9 Å². The lowest BCUT2D eigenvalue weighted by Gasteiger charge is -2.30. The smallest absolute Gasteiger partial charge is 0.416 e. The molecular formula is C21H15F5N4O2S. The lowest BCUT2D eigenvalue weighted by Crippen LogP contribution is -2.40. The Bertz CT molecular complexity index is 1330. The first kappa shape index (κ1) is 21.4. The van der Waals surface area contributed by atoms with Crippen molar-refractivity contribution in [3.05, 3.63) is 75.8 Å². The summed E-state index contributed by atoms with van der Waals surface area (Å²) in [6, 6.07) is 6.44. The summed E-state index contributed by atoms with van der Waals surface area (Å²) in [5, 5.41) is 13.4. The van der Waals surface area contributed by atoms with Crippen LogP contribution in [0.2, 0.25) is 0 Å². The highest BCUT2D eigenvalue weighted by molar-refractivity contribution is 7.80. The van der Waals surface area contributed by atoms with E-state index in [-0.39, 0.29) is 23.0 Å². The highest BCUT2D eigenvalue weighted by Crippen LogP contribution is 2.49. The highest BCUT2D eigenvalue weighted by atomic mass is 32.1. The van der Waals surface area contributed by atoms with Crippen molar-refractivity contribution in [1.82, 2.24) is 14.0 Å². The molecule has 1 aromatic heterocycles. The van der Waals surface area contributed by atoms with Gasteiger partial charge in [0.15, 0.2) is 5.11 Å². The third-order valence-corrected chi connectivity index (χ3v) is 6.28. The molecule has 0 amide bonds. The second-order valence-corrected chi connectivity index (χ2v) is 8.22. The largest absolute Gasteiger partial charge is 0.493 e. The van der Waals surface area contributed by atoms with E-state index in [1.165, 1.54) is 16.7 Å². The molecule has 33 heavy (non-hydrogen) atoms. The zero-order valence-electron chi connectivity index (χ0n) is 16.6. The highest BCUT2D eigenvalue weighted by Gasteiger charge is 2.48.